The molecule has 0 bridgehead atoms. The van der Waals surface area contributed by atoms with Crippen molar-refractivity contribution in [2.24, 2.45) is 13.0 Å². The number of halogens is 1. The summed E-state index contributed by atoms with van der Waals surface area (Å²) in [5.74, 6) is 0.190. The van der Waals surface area contributed by atoms with Crippen LogP contribution in [0.5, 0.6) is 0 Å². The van der Waals surface area contributed by atoms with Crippen molar-refractivity contribution < 1.29 is 12.8 Å². The smallest absolute Gasteiger partial charge is 0.185 e. The number of aromatic nitrogens is 1. The Hall–Kier alpha value is -2.60. The van der Waals surface area contributed by atoms with Crippen LogP contribution in [-0.2, 0) is 22.6 Å². The first-order valence-electron chi connectivity index (χ1n) is 12.3. The molecule has 0 atom stereocenters. The average Bonchev–Trinajstić information content (AvgIpc) is 3.47. The molecule has 0 N–H and O–H groups in total. The molecular formula is C28H33FN2O2S. The van der Waals surface area contributed by atoms with Crippen molar-refractivity contribution >= 4 is 20.7 Å². The molecular weight excluding hydrogens is 447 g/mol. The SMILES string of the molecule is C=C(C1CCCC1)N1CCC(c2cn(C)c3ccc(CS(=O)(=O)c4ccccc4F)cc23)CC1. The van der Waals surface area contributed by atoms with Crippen molar-refractivity contribution in [1.82, 2.24) is 9.47 Å². The quantitative estimate of drug-likeness (QED) is 0.423. The molecule has 0 spiro atoms. The summed E-state index contributed by atoms with van der Waals surface area (Å²) >= 11 is 0. The number of nitrogens with zero attached hydrogens (tertiary/aromatic N) is 2. The summed E-state index contributed by atoms with van der Waals surface area (Å²) in [4.78, 5) is 2.25. The number of piperidine rings is 1. The molecule has 1 saturated carbocycles. The Labute approximate surface area is 202 Å². The first kappa shape index (κ1) is 23.2. The summed E-state index contributed by atoms with van der Waals surface area (Å²) in [6.07, 6.45) is 9.55. The average molecular weight is 481 g/mol. The van der Waals surface area contributed by atoms with E-state index in [1.54, 1.807) is 6.07 Å². The van der Waals surface area contributed by atoms with Gasteiger partial charge in [0.1, 0.15) is 10.7 Å². The van der Waals surface area contributed by atoms with Gasteiger partial charge in [-0.05, 0) is 72.9 Å². The highest BCUT2D eigenvalue weighted by Crippen LogP contribution is 2.38. The van der Waals surface area contributed by atoms with Crippen LogP contribution >= 0.6 is 0 Å². The maximum Gasteiger partial charge on any atom is 0.185 e. The Balaban J connectivity index is 1.36. The van der Waals surface area contributed by atoms with Crippen molar-refractivity contribution in [3.63, 3.8) is 0 Å². The highest BCUT2D eigenvalue weighted by atomic mass is 32.2. The molecule has 6 heteroatoms. The van der Waals surface area contributed by atoms with Gasteiger partial charge < -0.3 is 9.47 Å². The number of rotatable bonds is 6. The molecule has 0 radical (unpaired) electrons. The number of allylic oxidation sites excluding steroid dienone is 1. The van der Waals surface area contributed by atoms with Crippen LogP contribution in [0.3, 0.4) is 0 Å². The van der Waals surface area contributed by atoms with E-state index in [4.69, 9.17) is 0 Å². The van der Waals surface area contributed by atoms with Crippen molar-refractivity contribution in [2.45, 2.75) is 55.1 Å². The summed E-state index contributed by atoms with van der Waals surface area (Å²) in [6.45, 7) is 6.48. The van der Waals surface area contributed by atoms with Gasteiger partial charge in [-0.3, -0.25) is 0 Å². The number of hydrogen-bond donors (Lipinski definition) is 0. The highest BCUT2D eigenvalue weighted by Gasteiger charge is 2.28. The van der Waals surface area contributed by atoms with Crippen LogP contribution in [0.1, 0.15) is 55.6 Å². The summed E-state index contributed by atoms with van der Waals surface area (Å²) in [5, 5.41) is 1.11. The molecule has 2 heterocycles. The highest BCUT2D eigenvalue weighted by molar-refractivity contribution is 7.90. The number of fused-ring (bicyclic) bond motifs is 1. The van der Waals surface area contributed by atoms with Gasteiger partial charge in [0, 0.05) is 42.9 Å². The van der Waals surface area contributed by atoms with Crippen molar-refractivity contribution in [3.05, 3.63) is 77.9 Å². The normalized spacial score (nSPS) is 18.1. The van der Waals surface area contributed by atoms with Crippen LogP contribution in [0, 0.1) is 11.7 Å². The van der Waals surface area contributed by atoms with Gasteiger partial charge in [-0.2, -0.15) is 0 Å². The standard InChI is InChI=1S/C28H33FN2O2S/c1-20(22-7-3-4-8-22)31-15-13-23(14-16-31)25-18-30(2)27-12-11-21(17-24(25)27)19-34(32,33)28-10-6-5-9-26(28)29/h5-6,9-12,17-18,22-23H,1,3-4,7-8,13-16,19H2,2H3. The molecule has 4 nitrogen and oxygen atoms in total. The third-order valence-corrected chi connectivity index (χ3v) is 9.50. The number of sulfone groups is 1. The molecule has 5 rings (SSSR count). The van der Waals surface area contributed by atoms with Crippen LogP contribution in [0.2, 0.25) is 0 Å². The Morgan fingerprint density at radius 1 is 1.06 bits per heavy atom. The minimum atomic E-state index is -3.77. The summed E-state index contributed by atoms with van der Waals surface area (Å²) in [6, 6.07) is 11.4. The van der Waals surface area contributed by atoms with Crippen molar-refractivity contribution in [3.8, 4) is 0 Å². The second kappa shape index (κ2) is 9.21. The molecule has 2 aliphatic rings. The van der Waals surface area contributed by atoms with Gasteiger partial charge in [-0.25, -0.2) is 12.8 Å². The van der Waals surface area contributed by atoms with Gasteiger partial charge in [0.05, 0.1) is 5.75 Å². The lowest BCUT2D eigenvalue weighted by molar-refractivity contribution is 0.239. The molecule has 34 heavy (non-hydrogen) atoms. The largest absolute Gasteiger partial charge is 0.375 e. The maximum atomic E-state index is 14.1. The lowest BCUT2D eigenvalue weighted by Crippen LogP contribution is -2.34. The fraction of sp³-hybridized carbons (Fsp3) is 0.429. The van der Waals surface area contributed by atoms with Gasteiger partial charge in [-0.15, -0.1) is 0 Å². The fourth-order valence-electron chi connectivity index (χ4n) is 5.87. The Morgan fingerprint density at radius 2 is 1.76 bits per heavy atom. The first-order valence-corrected chi connectivity index (χ1v) is 14.0. The molecule has 3 aromatic rings. The fourth-order valence-corrected chi connectivity index (χ4v) is 7.30. The van der Waals surface area contributed by atoms with Gasteiger partial charge in [0.15, 0.2) is 9.84 Å². The van der Waals surface area contributed by atoms with Crippen molar-refractivity contribution in [2.75, 3.05) is 13.1 Å². The summed E-state index contributed by atoms with van der Waals surface area (Å²) in [5.41, 5.74) is 4.40. The minimum Gasteiger partial charge on any atom is -0.375 e. The molecule has 0 unspecified atom stereocenters. The zero-order chi connectivity index (χ0) is 23.9. The van der Waals surface area contributed by atoms with E-state index in [0.29, 0.717) is 17.4 Å². The second-order valence-corrected chi connectivity index (χ2v) is 11.9. The van der Waals surface area contributed by atoms with E-state index in [1.807, 2.05) is 25.2 Å². The van der Waals surface area contributed by atoms with E-state index in [2.05, 4.69) is 22.2 Å². The zero-order valence-corrected chi connectivity index (χ0v) is 20.7. The maximum absolute atomic E-state index is 14.1. The molecule has 1 aromatic heterocycles. The van der Waals surface area contributed by atoms with Crippen LogP contribution in [-0.4, -0.2) is 31.0 Å². The topological polar surface area (TPSA) is 42.3 Å². The van der Waals surface area contributed by atoms with E-state index in [0.717, 1.165) is 36.8 Å². The Kier molecular flexibility index (Phi) is 6.28. The Bertz CT molecular complexity index is 1310. The van der Waals surface area contributed by atoms with E-state index in [1.165, 1.54) is 55.1 Å². The van der Waals surface area contributed by atoms with E-state index < -0.39 is 15.7 Å². The predicted octanol–water partition coefficient (Wildman–Crippen LogP) is 6.17. The number of aryl methyl sites for hydroxylation is 1. The van der Waals surface area contributed by atoms with Crippen LogP contribution in [0.15, 0.2) is 65.8 Å². The Morgan fingerprint density at radius 3 is 2.47 bits per heavy atom. The molecule has 2 fully saturated rings. The molecule has 1 aliphatic heterocycles. The predicted molar refractivity (Wildman–Crippen MR) is 135 cm³/mol. The summed E-state index contributed by atoms with van der Waals surface area (Å²) in [7, 11) is -1.73. The zero-order valence-electron chi connectivity index (χ0n) is 19.8. The lowest BCUT2D eigenvalue weighted by atomic mass is 9.88. The van der Waals surface area contributed by atoms with E-state index in [-0.39, 0.29) is 10.6 Å². The monoisotopic (exact) mass is 480 g/mol. The first-order chi connectivity index (χ1) is 16.3. The third kappa shape index (κ3) is 4.40. The molecule has 180 valence electrons. The molecule has 1 aliphatic carbocycles. The number of benzene rings is 2. The lowest BCUT2D eigenvalue weighted by Gasteiger charge is -2.37. The molecule has 1 saturated heterocycles. The van der Waals surface area contributed by atoms with Crippen LogP contribution in [0.4, 0.5) is 4.39 Å². The minimum absolute atomic E-state index is 0.210. The third-order valence-electron chi connectivity index (χ3n) is 7.78. The van der Waals surface area contributed by atoms with E-state index in [9.17, 15) is 12.8 Å². The van der Waals surface area contributed by atoms with Gasteiger partial charge in [0.25, 0.3) is 0 Å². The summed E-state index contributed by atoms with van der Waals surface area (Å²) < 4.78 is 42.1. The van der Waals surface area contributed by atoms with Gasteiger partial charge in [0.2, 0.25) is 0 Å². The van der Waals surface area contributed by atoms with Crippen LogP contribution < -0.4 is 0 Å². The van der Waals surface area contributed by atoms with Gasteiger partial charge >= 0.3 is 0 Å². The number of hydrogen-bond acceptors (Lipinski definition) is 3. The molecule has 0 amide bonds. The second-order valence-electron chi connectivity index (χ2n) is 9.97. The van der Waals surface area contributed by atoms with Crippen LogP contribution in [0.25, 0.3) is 10.9 Å². The number of likely N-dealkylation sites (tertiary alicyclic amines) is 1. The molecule has 2 aromatic carbocycles. The van der Waals surface area contributed by atoms with Gasteiger partial charge in [-0.1, -0.05) is 37.6 Å². The van der Waals surface area contributed by atoms with Crippen molar-refractivity contribution in [1.29, 1.82) is 0 Å². The van der Waals surface area contributed by atoms with E-state index >= 15 is 0 Å².